The summed E-state index contributed by atoms with van der Waals surface area (Å²) in [6.45, 7) is 0.798. The van der Waals surface area contributed by atoms with E-state index in [0.29, 0.717) is 0 Å². The minimum absolute atomic E-state index is 0.798. The van der Waals surface area contributed by atoms with Gasteiger partial charge >= 0.3 is 0 Å². The number of fused-ring (bicyclic) bond motifs is 3. The zero-order valence-electron chi connectivity index (χ0n) is 17.2. The molecule has 0 amide bonds. The van der Waals surface area contributed by atoms with E-state index in [1.807, 2.05) is 24.3 Å². The molecule has 4 heteroatoms. The Balaban J connectivity index is 1.83. The van der Waals surface area contributed by atoms with Crippen LogP contribution in [0.4, 0.5) is 5.69 Å². The fourth-order valence-corrected chi connectivity index (χ4v) is 3.75. The highest BCUT2D eigenvalue weighted by molar-refractivity contribution is 6.13. The second kappa shape index (κ2) is 7.92. The van der Waals surface area contributed by atoms with Crippen molar-refractivity contribution >= 4 is 27.2 Å². The van der Waals surface area contributed by atoms with Crippen LogP contribution in [0, 0.1) is 0 Å². The van der Waals surface area contributed by atoms with Gasteiger partial charge in [0.25, 0.3) is 0 Å². The molecule has 0 unspecified atom stereocenters. The molecule has 4 aromatic rings. The lowest BCUT2D eigenvalue weighted by molar-refractivity contribution is 0.414. The maximum absolute atomic E-state index is 5.49. The predicted molar refractivity (Wildman–Crippen MR) is 120 cm³/mol. The van der Waals surface area contributed by atoms with Crippen LogP contribution in [-0.4, -0.2) is 28.4 Å². The van der Waals surface area contributed by atoms with Crippen molar-refractivity contribution in [3.8, 4) is 17.2 Å². The number of methoxy groups -OCH3 is 3. The third kappa shape index (κ3) is 3.66. The van der Waals surface area contributed by atoms with Gasteiger partial charge in [-0.3, -0.25) is 0 Å². The molecule has 0 N–H and O–H groups in total. The number of rotatable bonds is 6. The molecule has 0 fully saturated rings. The van der Waals surface area contributed by atoms with E-state index in [2.05, 4.69) is 54.4 Å². The van der Waals surface area contributed by atoms with Crippen LogP contribution < -0.4 is 19.1 Å². The number of anilines is 1. The fraction of sp³-hybridized carbons (Fsp3) is 0.200. The van der Waals surface area contributed by atoms with Gasteiger partial charge in [-0.2, -0.15) is 0 Å². The highest BCUT2D eigenvalue weighted by atomic mass is 16.5. The summed E-state index contributed by atoms with van der Waals surface area (Å²) in [5.41, 5.74) is 2.40. The highest BCUT2D eigenvalue weighted by Crippen LogP contribution is 2.37. The van der Waals surface area contributed by atoms with Crippen molar-refractivity contribution in [1.82, 2.24) is 0 Å². The minimum atomic E-state index is 0.798. The van der Waals surface area contributed by atoms with Crippen molar-refractivity contribution < 1.29 is 14.2 Å². The number of ether oxygens (including phenoxy) is 3. The van der Waals surface area contributed by atoms with E-state index in [1.54, 1.807) is 21.3 Å². The van der Waals surface area contributed by atoms with E-state index in [4.69, 9.17) is 14.2 Å². The van der Waals surface area contributed by atoms with Crippen LogP contribution in [0.2, 0.25) is 0 Å². The van der Waals surface area contributed by atoms with Crippen LogP contribution in [0.1, 0.15) is 5.56 Å². The normalized spacial score (nSPS) is 10.9. The molecular weight excluding hydrogens is 362 g/mol. The summed E-state index contributed by atoms with van der Waals surface area (Å²) < 4.78 is 16.2. The molecule has 0 aliphatic heterocycles. The molecular formula is C25H25NO3. The molecule has 0 radical (unpaired) electrons. The van der Waals surface area contributed by atoms with E-state index < -0.39 is 0 Å². The Bertz CT molecular complexity index is 1150. The molecule has 29 heavy (non-hydrogen) atoms. The second-order valence-electron chi connectivity index (χ2n) is 7.10. The Labute approximate surface area is 171 Å². The van der Waals surface area contributed by atoms with Crippen molar-refractivity contribution in [3.05, 3.63) is 72.3 Å². The summed E-state index contributed by atoms with van der Waals surface area (Å²) in [5.74, 6) is 2.56. The van der Waals surface area contributed by atoms with E-state index >= 15 is 0 Å². The van der Waals surface area contributed by atoms with Gasteiger partial charge in [0.05, 0.1) is 21.3 Å². The van der Waals surface area contributed by atoms with Gasteiger partial charge in [0.1, 0.15) is 17.2 Å². The lowest BCUT2D eigenvalue weighted by Gasteiger charge is -2.23. The maximum atomic E-state index is 5.49. The molecule has 0 saturated carbocycles. The minimum Gasteiger partial charge on any atom is -0.497 e. The summed E-state index contributed by atoms with van der Waals surface area (Å²) in [4.78, 5) is 2.28. The summed E-state index contributed by atoms with van der Waals surface area (Å²) in [7, 11) is 7.20. The molecule has 0 aromatic heterocycles. The largest absolute Gasteiger partial charge is 0.497 e. The topological polar surface area (TPSA) is 30.9 Å². The number of benzene rings is 4. The van der Waals surface area contributed by atoms with Crippen LogP contribution in [0.3, 0.4) is 0 Å². The lowest BCUT2D eigenvalue weighted by atomic mass is 9.99. The Morgan fingerprint density at radius 3 is 1.86 bits per heavy atom. The summed E-state index contributed by atoms with van der Waals surface area (Å²) >= 11 is 0. The van der Waals surface area contributed by atoms with Gasteiger partial charge in [0, 0.05) is 24.7 Å². The molecule has 4 rings (SSSR count). The Kier molecular flexibility index (Phi) is 5.17. The number of hydrogen-bond acceptors (Lipinski definition) is 4. The van der Waals surface area contributed by atoms with E-state index in [9.17, 15) is 0 Å². The van der Waals surface area contributed by atoms with Crippen molar-refractivity contribution in [1.29, 1.82) is 0 Å². The van der Waals surface area contributed by atoms with Crippen LogP contribution >= 0.6 is 0 Å². The standard InChI is InChI=1S/C25H25NO3/c1-26(16-17-5-8-19(27-2)9-6-17)25-13-18-7-10-20(28-3)14-23(18)24-15-21(29-4)11-12-22(24)25/h5-15H,16H2,1-4H3. The van der Waals surface area contributed by atoms with Gasteiger partial charge in [-0.15, -0.1) is 0 Å². The van der Waals surface area contributed by atoms with Crippen LogP contribution in [0.15, 0.2) is 66.7 Å². The average Bonchev–Trinajstić information content (AvgIpc) is 2.78. The smallest absolute Gasteiger partial charge is 0.119 e. The first-order chi connectivity index (χ1) is 14.1. The third-order valence-electron chi connectivity index (χ3n) is 5.34. The van der Waals surface area contributed by atoms with Crippen molar-refractivity contribution in [2.24, 2.45) is 0 Å². The van der Waals surface area contributed by atoms with Gasteiger partial charge in [-0.1, -0.05) is 18.2 Å². The van der Waals surface area contributed by atoms with Crippen LogP contribution in [0.25, 0.3) is 21.5 Å². The van der Waals surface area contributed by atoms with Crippen molar-refractivity contribution in [2.45, 2.75) is 6.54 Å². The van der Waals surface area contributed by atoms with Crippen molar-refractivity contribution in [2.75, 3.05) is 33.3 Å². The third-order valence-corrected chi connectivity index (χ3v) is 5.34. The number of nitrogens with zero attached hydrogens (tertiary/aromatic N) is 1. The van der Waals surface area contributed by atoms with E-state index in [1.165, 1.54) is 22.0 Å². The quantitative estimate of drug-likeness (QED) is 0.400. The van der Waals surface area contributed by atoms with Gasteiger partial charge in [-0.05, 0) is 70.3 Å². The average molecular weight is 387 g/mol. The summed E-state index contributed by atoms with van der Waals surface area (Å²) in [5, 5.41) is 4.66. The first kappa shape index (κ1) is 18.9. The van der Waals surface area contributed by atoms with Crippen LogP contribution in [-0.2, 0) is 6.54 Å². The van der Waals surface area contributed by atoms with Crippen LogP contribution in [0.5, 0.6) is 17.2 Å². The van der Waals surface area contributed by atoms with E-state index in [0.717, 1.165) is 34.6 Å². The number of hydrogen-bond donors (Lipinski definition) is 0. The summed E-state index contributed by atoms with van der Waals surface area (Å²) in [6.07, 6.45) is 0. The molecule has 4 nitrogen and oxygen atoms in total. The lowest BCUT2D eigenvalue weighted by Crippen LogP contribution is -2.16. The Hall–Kier alpha value is -3.40. The zero-order valence-corrected chi connectivity index (χ0v) is 17.2. The molecule has 148 valence electrons. The van der Waals surface area contributed by atoms with E-state index in [-0.39, 0.29) is 0 Å². The predicted octanol–water partition coefficient (Wildman–Crippen LogP) is 5.66. The second-order valence-corrected chi connectivity index (χ2v) is 7.10. The molecule has 4 aromatic carbocycles. The first-order valence-electron chi connectivity index (χ1n) is 9.55. The van der Waals surface area contributed by atoms with Gasteiger partial charge in [0.2, 0.25) is 0 Å². The molecule has 0 heterocycles. The molecule has 0 aliphatic carbocycles. The molecule has 0 atom stereocenters. The Morgan fingerprint density at radius 1 is 0.621 bits per heavy atom. The van der Waals surface area contributed by atoms with Gasteiger partial charge in [0.15, 0.2) is 0 Å². The SMILES string of the molecule is COc1ccc(CN(C)c2cc3ccc(OC)cc3c3cc(OC)ccc23)cc1. The molecule has 0 bridgehead atoms. The monoisotopic (exact) mass is 387 g/mol. The zero-order chi connectivity index (χ0) is 20.4. The fourth-order valence-electron chi connectivity index (χ4n) is 3.75. The van der Waals surface area contributed by atoms with Crippen molar-refractivity contribution in [3.63, 3.8) is 0 Å². The maximum Gasteiger partial charge on any atom is 0.119 e. The molecule has 0 saturated heterocycles. The Morgan fingerprint density at radius 2 is 1.21 bits per heavy atom. The van der Waals surface area contributed by atoms with Gasteiger partial charge < -0.3 is 19.1 Å². The first-order valence-corrected chi connectivity index (χ1v) is 9.55. The highest BCUT2D eigenvalue weighted by Gasteiger charge is 2.13. The molecule has 0 spiro atoms. The van der Waals surface area contributed by atoms with Gasteiger partial charge in [-0.25, -0.2) is 0 Å². The molecule has 0 aliphatic rings. The summed E-state index contributed by atoms with van der Waals surface area (Å²) in [6, 6.07) is 22.9.